The highest BCUT2D eigenvalue weighted by Gasteiger charge is 2.33. The van der Waals surface area contributed by atoms with Crippen LogP contribution in [-0.4, -0.2) is 52.8 Å². The summed E-state index contributed by atoms with van der Waals surface area (Å²) >= 11 is 0. The Morgan fingerprint density at radius 2 is 1.31 bits per heavy atom. The van der Waals surface area contributed by atoms with Crippen LogP contribution in [0, 0.1) is 0 Å². The Balaban J connectivity index is 1.67. The fourth-order valence-electron chi connectivity index (χ4n) is 6.81. The Morgan fingerprint density at radius 1 is 0.725 bits per heavy atom. The molecule has 2 aromatic carbocycles. The highest BCUT2D eigenvalue weighted by Crippen LogP contribution is 2.39. The maximum atomic E-state index is 12.8. The van der Waals surface area contributed by atoms with Crippen molar-refractivity contribution in [2.24, 2.45) is 0 Å². The van der Waals surface area contributed by atoms with E-state index in [1.807, 2.05) is 36.4 Å². The molecule has 2 amide bonds. The van der Waals surface area contributed by atoms with E-state index in [1.165, 1.54) is 77.0 Å². The molecule has 2 aromatic rings. The zero-order valence-corrected chi connectivity index (χ0v) is 31.6. The summed E-state index contributed by atoms with van der Waals surface area (Å²) in [5, 5.41) is 21.3. The number of nitrogens with zero attached hydrogens (tertiary/aromatic N) is 1. The summed E-state index contributed by atoms with van der Waals surface area (Å²) in [6.07, 6.45) is 19.1. The van der Waals surface area contributed by atoms with E-state index in [4.69, 9.17) is 14.7 Å². The molecule has 1 fully saturated rings. The molecule has 4 N–H and O–H groups in total. The van der Waals surface area contributed by atoms with Crippen LogP contribution in [0.15, 0.2) is 48.5 Å². The van der Waals surface area contributed by atoms with Crippen molar-refractivity contribution < 1.29 is 29.4 Å². The molecule has 1 heterocycles. The van der Waals surface area contributed by atoms with Crippen LogP contribution in [0.3, 0.4) is 0 Å². The van der Waals surface area contributed by atoms with E-state index in [0.29, 0.717) is 18.5 Å². The Bertz CT molecular complexity index is 1210. The lowest BCUT2D eigenvalue weighted by atomic mass is 9.99. The van der Waals surface area contributed by atoms with Gasteiger partial charge in [-0.2, -0.15) is 0 Å². The van der Waals surface area contributed by atoms with E-state index < -0.39 is 6.29 Å². The second-order valence-electron chi connectivity index (χ2n) is 14.3. The number of hydrogen-bond donors (Lipinski definition) is 4. The van der Waals surface area contributed by atoms with Crippen molar-refractivity contribution >= 4 is 17.5 Å². The lowest BCUT2D eigenvalue weighted by Crippen LogP contribution is -2.40. The third kappa shape index (κ3) is 17.5. The molecule has 3 atom stereocenters. The number of aliphatic hydroxyl groups excluding tert-OH is 1. The summed E-state index contributed by atoms with van der Waals surface area (Å²) in [4.78, 5) is 26.6. The Kier molecular flexibility index (Phi) is 21.7. The van der Waals surface area contributed by atoms with Crippen molar-refractivity contribution in [3.8, 4) is 0 Å². The SMILES string of the molecule is CCCCCCCCN(CCCCCCCC)C[C@H]1C[C@@H](c2ccc(CO)cc2)O[C@@H](c2cccc(NC(=O)CCCCCCC(=O)NO)c2)O1. The number of unbranched alkanes of at least 4 members (excludes halogenated alkanes) is 13. The van der Waals surface area contributed by atoms with Gasteiger partial charge in [0.25, 0.3) is 0 Å². The number of hydrogen-bond acceptors (Lipinski definition) is 7. The quantitative estimate of drug-likeness (QED) is 0.0414. The van der Waals surface area contributed by atoms with Gasteiger partial charge in [-0.1, -0.05) is 127 Å². The van der Waals surface area contributed by atoms with Crippen molar-refractivity contribution in [2.75, 3.05) is 25.0 Å². The van der Waals surface area contributed by atoms with Crippen LogP contribution in [0.25, 0.3) is 0 Å². The van der Waals surface area contributed by atoms with Gasteiger partial charge in [0.2, 0.25) is 11.8 Å². The van der Waals surface area contributed by atoms with E-state index in [2.05, 4.69) is 36.2 Å². The molecule has 1 aliphatic rings. The number of hydroxylamine groups is 1. The largest absolute Gasteiger partial charge is 0.392 e. The van der Waals surface area contributed by atoms with Gasteiger partial charge in [-0.05, 0) is 62.0 Å². The third-order valence-electron chi connectivity index (χ3n) is 9.86. The highest BCUT2D eigenvalue weighted by molar-refractivity contribution is 5.90. The molecule has 9 nitrogen and oxygen atoms in total. The van der Waals surface area contributed by atoms with Crippen LogP contribution < -0.4 is 10.8 Å². The van der Waals surface area contributed by atoms with E-state index in [-0.39, 0.29) is 37.0 Å². The molecular formula is C42H67N3O6. The number of rotatable bonds is 27. The Morgan fingerprint density at radius 3 is 1.92 bits per heavy atom. The minimum absolute atomic E-state index is 0.00781. The molecule has 51 heavy (non-hydrogen) atoms. The molecule has 9 heteroatoms. The van der Waals surface area contributed by atoms with Crippen molar-refractivity contribution in [3.05, 3.63) is 65.2 Å². The van der Waals surface area contributed by atoms with E-state index in [9.17, 15) is 14.7 Å². The first kappa shape index (κ1) is 42.6. The lowest BCUT2D eigenvalue weighted by Gasteiger charge is -2.38. The van der Waals surface area contributed by atoms with Crippen LogP contribution in [0.2, 0.25) is 0 Å². The van der Waals surface area contributed by atoms with Crippen molar-refractivity contribution in [2.45, 2.75) is 161 Å². The number of carbonyl (C=O) groups is 2. The Labute approximate surface area is 307 Å². The molecule has 0 spiro atoms. The molecule has 286 valence electrons. The van der Waals surface area contributed by atoms with Gasteiger partial charge >= 0.3 is 0 Å². The second kappa shape index (κ2) is 26.0. The van der Waals surface area contributed by atoms with Gasteiger partial charge in [-0.3, -0.25) is 14.8 Å². The molecule has 3 rings (SSSR count). The van der Waals surface area contributed by atoms with E-state index in [0.717, 1.165) is 62.0 Å². The van der Waals surface area contributed by atoms with Crippen LogP contribution >= 0.6 is 0 Å². The van der Waals surface area contributed by atoms with E-state index >= 15 is 0 Å². The first-order chi connectivity index (χ1) is 24.9. The van der Waals surface area contributed by atoms with Gasteiger partial charge in [0, 0.05) is 37.1 Å². The summed E-state index contributed by atoms with van der Waals surface area (Å²) < 4.78 is 13.4. The molecule has 0 aromatic heterocycles. The fraction of sp³-hybridized carbons (Fsp3) is 0.667. The van der Waals surface area contributed by atoms with Crippen molar-refractivity contribution in [1.29, 1.82) is 0 Å². The molecule has 0 unspecified atom stereocenters. The average molecular weight is 710 g/mol. The molecule has 0 radical (unpaired) electrons. The smallest absolute Gasteiger partial charge is 0.243 e. The van der Waals surface area contributed by atoms with Gasteiger partial charge in [0.15, 0.2) is 6.29 Å². The summed E-state index contributed by atoms with van der Waals surface area (Å²) in [5.41, 5.74) is 5.18. The maximum Gasteiger partial charge on any atom is 0.243 e. The number of ether oxygens (including phenoxy) is 2. The van der Waals surface area contributed by atoms with Crippen LogP contribution in [0.5, 0.6) is 0 Å². The van der Waals surface area contributed by atoms with Gasteiger partial charge in [0.05, 0.1) is 18.8 Å². The van der Waals surface area contributed by atoms with Crippen LogP contribution in [-0.2, 0) is 25.7 Å². The first-order valence-corrected chi connectivity index (χ1v) is 20.0. The summed E-state index contributed by atoms with van der Waals surface area (Å²) in [7, 11) is 0. The van der Waals surface area contributed by atoms with Crippen molar-refractivity contribution in [3.63, 3.8) is 0 Å². The predicted octanol–water partition coefficient (Wildman–Crippen LogP) is 9.53. The molecular weight excluding hydrogens is 642 g/mol. The first-order valence-electron chi connectivity index (χ1n) is 20.0. The number of carbonyl (C=O) groups excluding carboxylic acids is 2. The number of amides is 2. The molecule has 1 saturated heterocycles. The summed E-state index contributed by atoms with van der Waals surface area (Å²) in [6, 6.07) is 15.8. The monoisotopic (exact) mass is 710 g/mol. The fourth-order valence-corrected chi connectivity index (χ4v) is 6.81. The van der Waals surface area contributed by atoms with Gasteiger partial charge in [-0.25, -0.2) is 5.48 Å². The Hall–Kier alpha value is -2.82. The van der Waals surface area contributed by atoms with E-state index in [1.54, 1.807) is 5.48 Å². The number of aliphatic hydroxyl groups is 1. The van der Waals surface area contributed by atoms with Crippen molar-refractivity contribution in [1.82, 2.24) is 10.4 Å². The molecule has 0 aliphatic carbocycles. The molecule has 0 bridgehead atoms. The highest BCUT2D eigenvalue weighted by atomic mass is 16.7. The number of anilines is 1. The third-order valence-corrected chi connectivity index (χ3v) is 9.86. The van der Waals surface area contributed by atoms with Gasteiger partial charge in [0.1, 0.15) is 0 Å². The zero-order valence-electron chi connectivity index (χ0n) is 31.6. The molecule has 1 aliphatic heterocycles. The van der Waals surface area contributed by atoms with Gasteiger partial charge < -0.3 is 24.8 Å². The average Bonchev–Trinajstić information content (AvgIpc) is 3.15. The van der Waals surface area contributed by atoms with Crippen LogP contribution in [0.4, 0.5) is 5.69 Å². The number of benzene rings is 2. The molecule has 0 saturated carbocycles. The van der Waals surface area contributed by atoms with Crippen LogP contribution in [0.1, 0.15) is 165 Å². The topological polar surface area (TPSA) is 120 Å². The number of nitrogens with one attached hydrogen (secondary N) is 2. The maximum absolute atomic E-state index is 12.8. The lowest BCUT2D eigenvalue weighted by molar-refractivity contribution is -0.253. The standard InChI is InChI=1S/C42H67N3O6/c1-3-5-7-9-13-17-28-45(29-18-14-10-8-6-4-2)32-38-31-39(35-26-24-34(33-46)25-27-35)51-42(50-38)36-20-19-21-37(30-36)43-40(47)22-15-11-12-16-23-41(48)44-49/h19-21,24-27,30,38-39,42,46,49H,3-18,22-23,28-29,31-33H2,1-2H3,(H,43,47)(H,44,48)/t38-,39+,42+/m1/s1. The summed E-state index contributed by atoms with van der Waals surface area (Å²) in [5.74, 6) is -0.431. The summed E-state index contributed by atoms with van der Waals surface area (Å²) in [6.45, 7) is 7.57. The normalized spacial score (nSPS) is 17.5. The minimum atomic E-state index is -0.579. The van der Waals surface area contributed by atoms with Gasteiger partial charge in [-0.15, -0.1) is 0 Å². The minimum Gasteiger partial charge on any atom is -0.392 e. The predicted molar refractivity (Wildman–Crippen MR) is 204 cm³/mol. The zero-order chi connectivity index (χ0) is 36.5. The second-order valence-corrected chi connectivity index (χ2v) is 14.3.